The molecule has 0 spiro atoms. The molecule has 7 nitrogen and oxygen atoms in total. The molecule has 0 amide bonds. The number of hydrogen-bond donors (Lipinski definition) is 1. The van der Waals surface area contributed by atoms with Crippen molar-refractivity contribution >= 4 is 0 Å². The summed E-state index contributed by atoms with van der Waals surface area (Å²) < 4.78 is 32.7. The third-order valence-corrected chi connectivity index (χ3v) is 0. The van der Waals surface area contributed by atoms with Crippen molar-refractivity contribution in [2.45, 2.75) is 0 Å². The molecule has 0 atom stereocenters. The molecule has 0 heterocycles. The van der Waals surface area contributed by atoms with E-state index in [1.54, 1.807) is 0 Å². The predicted octanol–water partition coefficient (Wildman–Crippen LogP) is -9.25. The van der Waals surface area contributed by atoms with Gasteiger partial charge in [-0.15, -0.1) is 0 Å². The van der Waals surface area contributed by atoms with Crippen LogP contribution in [0.3, 0.4) is 0 Å². The van der Waals surface area contributed by atoms with Crippen LogP contribution in [0, 0.1) is 10.2 Å². The summed E-state index contributed by atoms with van der Waals surface area (Å²) in [5.74, 6) is 0. The third-order valence-electron chi connectivity index (χ3n) is 0. The quantitative estimate of drug-likeness (QED) is 0.180. The van der Waals surface area contributed by atoms with E-state index in [4.69, 9.17) is 29.7 Å². The molecule has 0 rings (SSSR count). The van der Waals surface area contributed by atoms with Crippen LogP contribution in [0.5, 0.6) is 0 Å². The first-order valence-electron chi connectivity index (χ1n) is 1.03. The number of nitrogens with zero attached hydrogens (tertiary/aromatic N) is 3. The monoisotopic (exact) mass is 204 g/mol. The first-order valence-corrected chi connectivity index (χ1v) is 2.30. The average molecular weight is 205 g/mol. The van der Waals surface area contributed by atoms with Crippen molar-refractivity contribution in [3.05, 3.63) is 16.0 Å². The normalized spacial score (nSPS) is 6.80. The maximum Gasteiger partial charge on any atom is 1.00 e. The summed E-state index contributed by atoms with van der Waals surface area (Å²) in [6, 6.07) is 0. The van der Waals surface area contributed by atoms with Gasteiger partial charge in [-0.1, -0.05) is 0 Å². The first kappa shape index (κ1) is 22.7. The van der Waals surface area contributed by atoms with Gasteiger partial charge in [0.15, 0.2) is 0 Å². The van der Waals surface area contributed by atoms with E-state index in [2.05, 4.69) is 0 Å². The summed E-state index contributed by atoms with van der Waals surface area (Å²) in [5, 5.41) is 0. The minimum atomic E-state index is -4.69. The Bertz CT molecular complexity index is 81.0. The maximum absolute atomic E-state index is 8.60. The zero-order chi connectivity index (χ0) is 7.21. The van der Waals surface area contributed by atoms with Gasteiger partial charge in [0.2, 0.25) is 0 Å². The van der Waals surface area contributed by atoms with E-state index in [0.29, 0.717) is 0 Å². The molecule has 0 aromatic carbocycles. The zero-order valence-corrected chi connectivity index (χ0v) is 11.3. The van der Waals surface area contributed by atoms with Gasteiger partial charge in [0.1, 0.15) is 0 Å². The number of rotatable bonds is 0. The summed E-state index contributed by atoms with van der Waals surface area (Å²) in [4.78, 5) is 1.50. The second-order valence-corrected chi connectivity index (χ2v) is 1.28. The molecular weight excluding hydrogens is 204 g/mol. The molecule has 0 fully saturated rings. The molecule has 0 aromatic heterocycles. The Labute approximate surface area is 123 Å². The Kier molecular flexibility index (Phi) is 31.0. The molecule has 10 heavy (non-hydrogen) atoms. The van der Waals surface area contributed by atoms with Gasteiger partial charge in [-0.25, -0.2) is 0 Å². The number of halogens is 1. The van der Waals surface area contributed by atoms with Crippen LogP contribution >= 0.6 is 0 Å². The molecule has 0 aromatic rings. The summed E-state index contributed by atoms with van der Waals surface area (Å²) in [6.45, 7) is 0. The van der Waals surface area contributed by atoms with Gasteiger partial charge in [0.25, 0.3) is 0 Å². The van der Waals surface area contributed by atoms with Crippen molar-refractivity contribution < 1.29 is 110 Å². The van der Waals surface area contributed by atoms with Crippen molar-refractivity contribution in [3.8, 4) is 0 Å². The van der Waals surface area contributed by atoms with Gasteiger partial charge >= 0.3 is 80.9 Å². The van der Waals surface area contributed by atoms with Crippen molar-refractivity contribution in [1.82, 2.24) is 0 Å². The van der Waals surface area contributed by atoms with Crippen molar-refractivity contribution in [1.29, 1.82) is 0 Å². The molecule has 1 N–H and O–H groups in total. The molecule has 0 bridgehead atoms. The van der Waals surface area contributed by atoms with Crippen molar-refractivity contribution in [2.24, 2.45) is 0 Å². The Morgan fingerprint density at radius 3 is 1.20 bits per heavy atom. The van der Waals surface area contributed by atoms with Crippen LogP contribution in [0.2, 0.25) is 0 Å². The summed E-state index contributed by atoms with van der Waals surface area (Å²) in [5.41, 5.74) is 13.5. The van der Waals surface area contributed by atoms with E-state index < -0.39 is 10.2 Å². The molecule has 0 saturated heterocycles. The van der Waals surface area contributed by atoms with Gasteiger partial charge in [-0.05, 0) is 0 Å². The van der Waals surface area contributed by atoms with E-state index in [9.17, 15) is 0 Å². The van der Waals surface area contributed by atoms with E-state index in [0.717, 1.165) is 0 Å². The van der Waals surface area contributed by atoms with Gasteiger partial charge < -0.3 is 11.1 Å². The van der Waals surface area contributed by atoms with Crippen LogP contribution in [0.1, 0.15) is 0 Å². The average Bonchev–Trinajstić information content (AvgIpc) is 1.27. The van der Waals surface area contributed by atoms with Crippen LogP contribution in [-0.2, 0) is 0 Å². The molecule has 10 heteroatoms. The van der Waals surface area contributed by atoms with Crippen molar-refractivity contribution in [3.63, 3.8) is 0 Å². The SMILES string of the molecule is [K+].[N-]=[N+]=[N-].[Na+].[O-][Cl+3]([O-])([O-])O. The van der Waals surface area contributed by atoms with Gasteiger partial charge in [-0.3, -0.25) is 4.91 Å². The Morgan fingerprint density at radius 2 is 1.20 bits per heavy atom. The molecule has 48 valence electrons. The summed E-state index contributed by atoms with van der Waals surface area (Å²) >= 11 is 0. The van der Waals surface area contributed by atoms with Gasteiger partial charge in [0, 0.05) is 0 Å². The van der Waals surface area contributed by atoms with Crippen LogP contribution in [0.25, 0.3) is 16.0 Å². The first-order chi connectivity index (χ1) is 3.41. The fourth-order valence-corrected chi connectivity index (χ4v) is 0. The molecule has 0 aliphatic heterocycles. The zero-order valence-electron chi connectivity index (χ0n) is 5.39. The third kappa shape index (κ3) is 193. The minimum Gasteiger partial charge on any atom is -0.373 e. The van der Waals surface area contributed by atoms with Gasteiger partial charge in [0.05, 0.1) is 14.9 Å². The van der Waals surface area contributed by atoms with Crippen LogP contribution in [0.4, 0.5) is 0 Å². The smallest absolute Gasteiger partial charge is 0.373 e. The Balaban J connectivity index is -0.0000000326. The predicted molar refractivity (Wildman–Crippen MR) is 12.3 cm³/mol. The fourth-order valence-electron chi connectivity index (χ4n) is 0. The Hall–Kier alpha value is 2.08. The molecule has 0 unspecified atom stereocenters. The second-order valence-electron chi connectivity index (χ2n) is 0.485. The topological polar surface area (TPSA) is 148 Å². The van der Waals surface area contributed by atoms with Gasteiger partial charge in [-0.2, -0.15) is 14.0 Å². The minimum absolute atomic E-state index is 0. The molecule has 0 saturated carbocycles. The summed E-state index contributed by atoms with van der Waals surface area (Å²) in [6.07, 6.45) is 0. The fraction of sp³-hybridized carbons (Fsp3) is 0. The van der Waals surface area contributed by atoms with Crippen LogP contribution in [0.15, 0.2) is 0 Å². The van der Waals surface area contributed by atoms with E-state index in [1.807, 2.05) is 0 Å². The molecule has 0 aliphatic rings. The Morgan fingerprint density at radius 1 is 1.20 bits per heavy atom. The second kappa shape index (κ2) is 13.7. The molecule has 0 radical (unpaired) electrons. The molecular formula is HClKN3NaO4+. The van der Waals surface area contributed by atoms with Crippen LogP contribution < -0.4 is 94.9 Å². The van der Waals surface area contributed by atoms with E-state index >= 15 is 0 Å². The summed E-state index contributed by atoms with van der Waals surface area (Å²) in [7, 11) is -4.69. The largest absolute Gasteiger partial charge is 1.00 e. The molecule has 0 aliphatic carbocycles. The maximum atomic E-state index is 8.60. The van der Waals surface area contributed by atoms with Crippen molar-refractivity contribution in [2.75, 3.05) is 0 Å². The van der Waals surface area contributed by atoms with E-state index in [-0.39, 0.29) is 80.9 Å². The standard InChI is InChI=1S/ClHO4.K.N3.Na/c2-1(3,4)5;;1-3-2;/h(H,2,3,4,5);;;/q;+1;-1;+1. The van der Waals surface area contributed by atoms with E-state index in [1.165, 1.54) is 4.91 Å². The van der Waals surface area contributed by atoms with Crippen LogP contribution in [-0.4, -0.2) is 4.66 Å². The number of hydrogen-bond acceptors (Lipinski definition) is 4.